The molecule has 2 aromatic rings. The summed E-state index contributed by atoms with van der Waals surface area (Å²) in [6.45, 7) is 2.53. The molecule has 2 N–H and O–H groups in total. The molecule has 0 aliphatic heterocycles. The van der Waals surface area contributed by atoms with Crippen LogP contribution in [0.1, 0.15) is 28.6 Å². The molecule has 1 aromatic heterocycles. The van der Waals surface area contributed by atoms with Crippen molar-refractivity contribution in [3.8, 4) is 12.3 Å². The molecule has 0 spiro atoms. The van der Waals surface area contributed by atoms with Crippen LogP contribution < -0.4 is 5.84 Å². The molecule has 0 amide bonds. The number of fused-ring (bicyclic) bond motifs is 2. The molecule has 1 aliphatic carbocycles. The second-order valence-electron chi connectivity index (χ2n) is 4.68. The van der Waals surface area contributed by atoms with Crippen LogP contribution in [-0.4, -0.2) is 16.5 Å². The molecule has 1 aliphatic rings. The topological polar surface area (TPSA) is 42.1 Å². The first-order chi connectivity index (χ1) is 8.69. The van der Waals surface area contributed by atoms with Gasteiger partial charge in [0.1, 0.15) is 0 Å². The SMILES string of the molecule is C#CCN(N)C1CCc2cc3sc(C)nc3cc21. The fourth-order valence-electron chi connectivity index (χ4n) is 2.68. The molecule has 4 heteroatoms. The predicted octanol–water partition coefficient (Wildman–Crippen LogP) is 2.40. The standard InChI is InChI=1S/C14H15N3S/c1-3-6-17(15)13-5-4-10-7-14-12(8-11(10)13)16-9(2)18-14/h1,7-8,13H,4-6,15H2,2H3. The van der Waals surface area contributed by atoms with Crippen molar-refractivity contribution >= 4 is 21.6 Å². The summed E-state index contributed by atoms with van der Waals surface area (Å²) in [6, 6.07) is 4.68. The predicted molar refractivity (Wildman–Crippen MR) is 75.1 cm³/mol. The average Bonchev–Trinajstić information content (AvgIpc) is 2.87. The molecule has 1 heterocycles. The number of rotatable bonds is 2. The van der Waals surface area contributed by atoms with Gasteiger partial charge in [-0.3, -0.25) is 5.84 Å². The summed E-state index contributed by atoms with van der Waals surface area (Å²) in [5, 5.41) is 2.87. The molecule has 18 heavy (non-hydrogen) atoms. The summed E-state index contributed by atoms with van der Waals surface area (Å²) in [5.41, 5.74) is 3.77. The molecule has 0 radical (unpaired) electrons. The maximum absolute atomic E-state index is 6.03. The van der Waals surface area contributed by atoms with Gasteiger partial charge in [0.25, 0.3) is 0 Å². The van der Waals surface area contributed by atoms with Gasteiger partial charge in [-0.1, -0.05) is 5.92 Å². The van der Waals surface area contributed by atoms with Crippen molar-refractivity contribution in [1.82, 2.24) is 9.99 Å². The van der Waals surface area contributed by atoms with Gasteiger partial charge in [-0.15, -0.1) is 17.8 Å². The van der Waals surface area contributed by atoms with Crippen LogP contribution in [0.2, 0.25) is 0 Å². The van der Waals surface area contributed by atoms with Crippen molar-refractivity contribution in [3.05, 3.63) is 28.3 Å². The minimum atomic E-state index is 0.238. The molecule has 0 fully saturated rings. The quantitative estimate of drug-likeness (QED) is 0.510. The third kappa shape index (κ3) is 1.81. The minimum absolute atomic E-state index is 0.238. The number of benzene rings is 1. The molecule has 1 unspecified atom stereocenters. The molecular weight excluding hydrogens is 242 g/mol. The smallest absolute Gasteiger partial charge is 0.0907 e. The highest BCUT2D eigenvalue weighted by Crippen LogP contribution is 2.37. The van der Waals surface area contributed by atoms with E-state index in [1.165, 1.54) is 15.8 Å². The molecule has 3 nitrogen and oxygen atoms in total. The lowest BCUT2D eigenvalue weighted by molar-refractivity contribution is 0.228. The number of terminal acetylenes is 1. The lowest BCUT2D eigenvalue weighted by Gasteiger charge is -2.22. The van der Waals surface area contributed by atoms with E-state index in [2.05, 4.69) is 23.0 Å². The van der Waals surface area contributed by atoms with Crippen molar-refractivity contribution in [2.75, 3.05) is 6.54 Å². The molecule has 3 rings (SSSR count). The van der Waals surface area contributed by atoms with Crippen molar-refractivity contribution < 1.29 is 0 Å². The van der Waals surface area contributed by atoms with Crippen LogP contribution in [0.3, 0.4) is 0 Å². The number of hydrogen-bond acceptors (Lipinski definition) is 4. The molecule has 0 saturated carbocycles. The Hall–Kier alpha value is -1.41. The maximum atomic E-state index is 6.03. The molecule has 0 bridgehead atoms. The fraction of sp³-hybridized carbons (Fsp3) is 0.357. The van der Waals surface area contributed by atoms with Crippen molar-refractivity contribution in [2.24, 2.45) is 5.84 Å². The van der Waals surface area contributed by atoms with Gasteiger partial charge in [-0.05, 0) is 43.0 Å². The van der Waals surface area contributed by atoms with Crippen LogP contribution in [0.5, 0.6) is 0 Å². The Bertz CT molecular complexity index is 638. The highest BCUT2D eigenvalue weighted by atomic mass is 32.1. The normalized spacial score (nSPS) is 18.2. The Morgan fingerprint density at radius 3 is 3.22 bits per heavy atom. The van der Waals surface area contributed by atoms with E-state index < -0.39 is 0 Å². The monoisotopic (exact) mass is 257 g/mol. The van der Waals surface area contributed by atoms with Crippen LogP contribution in [0.15, 0.2) is 12.1 Å². The van der Waals surface area contributed by atoms with E-state index in [0.717, 1.165) is 23.4 Å². The Morgan fingerprint density at radius 1 is 1.61 bits per heavy atom. The number of aryl methyl sites for hydroxylation is 2. The van der Waals surface area contributed by atoms with E-state index in [1.807, 2.05) is 6.92 Å². The lowest BCUT2D eigenvalue weighted by Crippen LogP contribution is -2.34. The fourth-order valence-corrected chi connectivity index (χ4v) is 3.55. The molecule has 1 aromatic carbocycles. The number of nitrogens with two attached hydrogens (primary N) is 1. The van der Waals surface area contributed by atoms with Gasteiger partial charge >= 0.3 is 0 Å². The van der Waals surface area contributed by atoms with E-state index in [1.54, 1.807) is 16.3 Å². The molecule has 92 valence electrons. The van der Waals surface area contributed by atoms with Gasteiger partial charge in [0.05, 0.1) is 27.8 Å². The van der Waals surface area contributed by atoms with E-state index in [4.69, 9.17) is 12.3 Å². The van der Waals surface area contributed by atoms with Crippen LogP contribution in [0, 0.1) is 19.3 Å². The zero-order chi connectivity index (χ0) is 12.7. The number of aromatic nitrogens is 1. The molecular formula is C14H15N3S. The highest BCUT2D eigenvalue weighted by molar-refractivity contribution is 7.18. The number of thiazole rings is 1. The van der Waals surface area contributed by atoms with Crippen LogP contribution in [0.25, 0.3) is 10.2 Å². The third-order valence-corrected chi connectivity index (χ3v) is 4.41. The first kappa shape index (κ1) is 11.7. The summed E-state index contributed by atoms with van der Waals surface area (Å²) in [7, 11) is 0. The maximum Gasteiger partial charge on any atom is 0.0907 e. The minimum Gasteiger partial charge on any atom is -0.267 e. The van der Waals surface area contributed by atoms with Gasteiger partial charge in [0.15, 0.2) is 0 Å². The Balaban J connectivity index is 2.05. The Morgan fingerprint density at radius 2 is 2.44 bits per heavy atom. The zero-order valence-electron chi connectivity index (χ0n) is 10.3. The summed E-state index contributed by atoms with van der Waals surface area (Å²) in [6.07, 6.45) is 7.45. The Labute approximate surface area is 111 Å². The van der Waals surface area contributed by atoms with Gasteiger partial charge in [0, 0.05) is 0 Å². The molecule has 1 atom stereocenters. The first-order valence-electron chi connectivity index (χ1n) is 6.04. The van der Waals surface area contributed by atoms with Gasteiger partial charge < -0.3 is 0 Å². The zero-order valence-corrected chi connectivity index (χ0v) is 11.1. The second kappa shape index (κ2) is 4.36. The summed E-state index contributed by atoms with van der Waals surface area (Å²) in [4.78, 5) is 4.55. The van der Waals surface area contributed by atoms with Crippen LogP contribution in [-0.2, 0) is 6.42 Å². The highest BCUT2D eigenvalue weighted by Gasteiger charge is 2.27. The van der Waals surface area contributed by atoms with Crippen molar-refractivity contribution in [2.45, 2.75) is 25.8 Å². The van der Waals surface area contributed by atoms with Gasteiger partial charge in [0.2, 0.25) is 0 Å². The van der Waals surface area contributed by atoms with Gasteiger partial charge in [-0.25, -0.2) is 9.99 Å². The van der Waals surface area contributed by atoms with E-state index in [0.29, 0.717) is 6.54 Å². The van der Waals surface area contributed by atoms with Crippen LogP contribution >= 0.6 is 11.3 Å². The van der Waals surface area contributed by atoms with E-state index >= 15 is 0 Å². The largest absolute Gasteiger partial charge is 0.267 e. The van der Waals surface area contributed by atoms with Gasteiger partial charge in [-0.2, -0.15) is 0 Å². The van der Waals surface area contributed by atoms with E-state index in [9.17, 15) is 0 Å². The summed E-state index contributed by atoms with van der Waals surface area (Å²) in [5.74, 6) is 8.63. The first-order valence-corrected chi connectivity index (χ1v) is 6.85. The molecule has 0 saturated heterocycles. The number of nitrogens with zero attached hydrogens (tertiary/aromatic N) is 2. The summed E-state index contributed by atoms with van der Waals surface area (Å²) < 4.78 is 1.27. The lowest BCUT2D eigenvalue weighted by atomic mass is 10.1. The summed E-state index contributed by atoms with van der Waals surface area (Å²) >= 11 is 1.75. The third-order valence-electron chi connectivity index (χ3n) is 3.48. The van der Waals surface area contributed by atoms with Crippen LogP contribution in [0.4, 0.5) is 0 Å². The van der Waals surface area contributed by atoms with E-state index in [-0.39, 0.29) is 6.04 Å². The second-order valence-corrected chi connectivity index (χ2v) is 5.92. The Kier molecular flexibility index (Phi) is 2.83. The van der Waals surface area contributed by atoms with Crippen molar-refractivity contribution in [3.63, 3.8) is 0 Å². The number of hydrogen-bond donors (Lipinski definition) is 1. The average molecular weight is 257 g/mol. The number of hydrazine groups is 1. The van der Waals surface area contributed by atoms with Crippen molar-refractivity contribution in [1.29, 1.82) is 0 Å².